The molecule has 1 atom stereocenters. The Bertz CT molecular complexity index is 519. The normalized spacial score (nSPS) is 12.9. The summed E-state index contributed by atoms with van der Waals surface area (Å²) in [4.78, 5) is 4.22. The van der Waals surface area contributed by atoms with Gasteiger partial charge in [-0.2, -0.15) is 0 Å². The van der Waals surface area contributed by atoms with Crippen LogP contribution in [-0.2, 0) is 6.54 Å². The quantitative estimate of drug-likeness (QED) is 0.941. The van der Waals surface area contributed by atoms with Gasteiger partial charge in [0, 0.05) is 23.3 Å². The number of hydrogen-bond donors (Lipinski definition) is 1. The maximum Gasteiger partial charge on any atom is 0.0951 e. The van der Waals surface area contributed by atoms with Gasteiger partial charge in [-0.05, 0) is 23.6 Å². The van der Waals surface area contributed by atoms with Crippen LogP contribution in [0.1, 0.15) is 31.1 Å². The largest absolute Gasteiger partial charge is 0.329 e. The average molecular weight is 308 g/mol. The fourth-order valence-corrected chi connectivity index (χ4v) is 2.36. The Morgan fingerprint density at radius 2 is 2.17 bits per heavy atom. The summed E-state index contributed by atoms with van der Waals surface area (Å²) < 4.78 is 3.21. The van der Waals surface area contributed by atoms with Crippen molar-refractivity contribution in [3.05, 3.63) is 52.5 Å². The lowest BCUT2D eigenvalue weighted by Gasteiger charge is -2.18. The van der Waals surface area contributed by atoms with E-state index in [0.717, 1.165) is 16.7 Å². The van der Waals surface area contributed by atoms with Gasteiger partial charge in [0.25, 0.3) is 0 Å². The molecule has 0 radical (unpaired) electrons. The standard InChI is InChI=1S/C14H18BrN3/c1-10(2)14(16)13-7-17-9-18(13)8-11-4-3-5-12(15)6-11/h3-7,9-10,14H,8,16H2,1-2H3. The lowest BCUT2D eigenvalue weighted by molar-refractivity contribution is 0.484. The van der Waals surface area contributed by atoms with Gasteiger partial charge in [-0.25, -0.2) is 4.98 Å². The number of hydrogen-bond acceptors (Lipinski definition) is 2. The summed E-state index contributed by atoms with van der Waals surface area (Å²) in [6.07, 6.45) is 3.71. The van der Waals surface area contributed by atoms with Crippen molar-refractivity contribution in [3.63, 3.8) is 0 Å². The molecule has 96 valence electrons. The smallest absolute Gasteiger partial charge is 0.0951 e. The van der Waals surface area contributed by atoms with E-state index < -0.39 is 0 Å². The minimum absolute atomic E-state index is 0.0275. The molecule has 2 aromatic rings. The van der Waals surface area contributed by atoms with Gasteiger partial charge in [0.05, 0.1) is 12.0 Å². The Hall–Kier alpha value is -1.13. The number of nitrogens with zero attached hydrogens (tertiary/aromatic N) is 2. The monoisotopic (exact) mass is 307 g/mol. The molecule has 2 N–H and O–H groups in total. The summed E-state index contributed by atoms with van der Waals surface area (Å²) in [6.45, 7) is 5.05. The lowest BCUT2D eigenvalue weighted by atomic mass is 10.0. The van der Waals surface area contributed by atoms with Gasteiger partial charge in [0.15, 0.2) is 0 Å². The Morgan fingerprint density at radius 3 is 2.83 bits per heavy atom. The lowest BCUT2D eigenvalue weighted by Crippen LogP contribution is -2.20. The SMILES string of the molecule is CC(C)C(N)c1cncn1Cc1cccc(Br)c1. The Balaban J connectivity index is 2.22. The predicted octanol–water partition coefficient (Wildman–Crippen LogP) is 3.35. The molecule has 0 aliphatic rings. The summed E-state index contributed by atoms with van der Waals surface area (Å²) in [5.41, 5.74) is 8.52. The molecule has 0 fully saturated rings. The molecule has 1 aromatic heterocycles. The summed E-state index contributed by atoms with van der Waals surface area (Å²) in [5.74, 6) is 0.406. The van der Waals surface area contributed by atoms with Crippen molar-refractivity contribution in [3.8, 4) is 0 Å². The molecule has 1 aromatic carbocycles. The van der Waals surface area contributed by atoms with E-state index in [4.69, 9.17) is 5.73 Å². The van der Waals surface area contributed by atoms with Crippen molar-refractivity contribution in [2.75, 3.05) is 0 Å². The van der Waals surface area contributed by atoms with Crippen molar-refractivity contribution in [1.29, 1.82) is 0 Å². The second-order valence-corrected chi connectivity index (χ2v) is 5.76. The van der Waals surface area contributed by atoms with Crippen LogP contribution in [0.3, 0.4) is 0 Å². The topological polar surface area (TPSA) is 43.8 Å². The first-order valence-corrected chi connectivity index (χ1v) is 6.87. The molecular formula is C14H18BrN3. The zero-order chi connectivity index (χ0) is 13.1. The Morgan fingerprint density at radius 1 is 1.39 bits per heavy atom. The van der Waals surface area contributed by atoms with Crippen LogP contribution in [0.25, 0.3) is 0 Å². The van der Waals surface area contributed by atoms with Gasteiger partial charge in [-0.15, -0.1) is 0 Å². The first-order chi connectivity index (χ1) is 8.58. The van der Waals surface area contributed by atoms with Crippen molar-refractivity contribution < 1.29 is 0 Å². The molecular weight excluding hydrogens is 290 g/mol. The van der Waals surface area contributed by atoms with E-state index in [1.54, 1.807) is 0 Å². The van der Waals surface area contributed by atoms with Crippen LogP contribution in [0.15, 0.2) is 41.3 Å². The third-order valence-corrected chi connectivity index (χ3v) is 3.54. The van der Waals surface area contributed by atoms with E-state index in [-0.39, 0.29) is 6.04 Å². The van der Waals surface area contributed by atoms with Crippen LogP contribution >= 0.6 is 15.9 Å². The minimum atomic E-state index is 0.0275. The van der Waals surface area contributed by atoms with Crippen molar-refractivity contribution in [2.24, 2.45) is 11.7 Å². The zero-order valence-electron chi connectivity index (χ0n) is 10.7. The Labute approximate surface area is 116 Å². The van der Waals surface area contributed by atoms with Crippen LogP contribution < -0.4 is 5.73 Å². The number of imidazole rings is 1. The van der Waals surface area contributed by atoms with Crippen molar-refractivity contribution in [2.45, 2.75) is 26.4 Å². The molecule has 0 spiro atoms. The third-order valence-electron chi connectivity index (χ3n) is 3.05. The van der Waals surface area contributed by atoms with E-state index in [9.17, 15) is 0 Å². The number of aromatic nitrogens is 2. The molecule has 0 amide bonds. The van der Waals surface area contributed by atoms with E-state index in [1.165, 1.54) is 5.56 Å². The molecule has 3 nitrogen and oxygen atoms in total. The van der Waals surface area contributed by atoms with Crippen LogP contribution in [0.5, 0.6) is 0 Å². The van der Waals surface area contributed by atoms with Gasteiger partial charge in [-0.1, -0.05) is 41.9 Å². The molecule has 0 bridgehead atoms. The fourth-order valence-electron chi connectivity index (χ4n) is 1.91. The highest BCUT2D eigenvalue weighted by Gasteiger charge is 2.15. The first-order valence-electron chi connectivity index (χ1n) is 6.08. The van der Waals surface area contributed by atoms with Crippen LogP contribution in [0, 0.1) is 5.92 Å². The maximum absolute atomic E-state index is 6.20. The number of benzene rings is 1. The Kier molecular flexibility index (Phi) is 4.19. The highest BCUT2D eigenvalue weighted by Crippen LogP contribution is 2.20. The number of rotatable bonds is 4. The van der Waals surface area contributed by atoms with Gasteiger partial charge in [0.2, 0.25) is 0 Å². The second-order valence-electron chi connectivity index (χ2n) is 4.85. The third kappa shape index (κ3) is 3.00. The number of nitrogens with two attached hydrogens (primary N) is 1. The maximum atomic E-state index is 6.20. The molecule has 0 aliphatic carbocycles. The summed E-state index contributed by atoms with van der Waals surface area (Å²) in [7, 11) is 0. The second kappa shape index (κ2) is 5.67. The molecule has 1 heterocycles. The molecule has 2 rings (SSSR count). The molecule has 4 heteroatoms. The fraction of sp³-hybridized carbons (Fsp3) is 0.357. The van der Waals surface area contributed by atoms with E-state index in [2.05, 4.69) is 51.5 Å². The summed E-state index contributed by atoms with van der Waals surface area (Å²) >= 11 is 3.49. The summed E-state index contributed by atoms with van der Waals surface area (Å²) in [5, 5.41) is 0. The van der Waals surface area contributed by atoms with Gasteiger partial charge >= 0.3 is 0 Å². The minimum Gasteiger partial charge on any atom is -0.329 e. The average Bonchev–Trinajstić information content (AvgIpc) is 2.76. The zero-order valence-corrected chi connectivity index (χ0v) is 12.3. The summed E-state index contributed by atoms with van der Waals surface area (Å²) in [6, 6.07) is 8.32. The van der Waals surface area contributed by atoms with Crippen molar-refractivity contribution >= 4 is 15.9 Å². The molecule has 18 heavy (non-hydrogen) atoms. The molecule has 0 saturated carbocycles. The van der Waals surface area contributed by atoms with Crippen LogP contribution in [0.2, 0.25) is 0 Å². The molecule has 1 unspecified atom stereocenters. The van der Waals surface area contributed by atoms with Gasteiger partial charge in [0.1, 0.15) is 0 Å². The van der Waals surface area contributed by atoms with Gasteiger partial charge in [-0.3, -0.25) is 0 Å². The highest BCUT2D eigenvalue weighted by atomic mass is 79.9. The molecule has 0 aliphatic heterocycles. The molecule has 0 saturated heterocycles. The van der Waals surface area contributed by atoms with E-state index in [0.29, 0.717) is 5.92 Å². The predicted molar refractivity (Wildman–Crippen MR) is 77.2 cm³/mol. The van der Waals surface area contributed by atoms with E-state index in [1.807, 2.05) is 24.7 Å². The van der Waals surface area contributed by atoms with Crippen LogP contribution in [0.4, 0.5) is 0 Å². The number of halogens is 1. The van der Waals surface area contributed by atoms with Gasteiger partial charge < -0.3 is 10.3 Å². The van der Waals surface area contributed by atoms with Crippen molar-refractivity contribution in [1.82, 2.24) is 9.55 Å². The van der Waals surface area contributed by atoms with Crippen LogP contribution in [-0.4, -0.2) is 9.55 Å². The first kappa shape index (κ1) is 13.3. The highest BCUT2D eigenvalue weighted by molar-refractivity contribution is 9.10. The van der Waals surface area contributed by atoms with E-state index >= 15 is 0 Å².